The molecule has 0 atom stereocenters. The lowest BCUT2D eigenvalue weighted by Crippen LogP contribution is -1.98. The highest BCUT2D eigenvalue weighted by molar-refractivity contribution is 6.32. The number of nitrogens with zero attached hydrogens (tertiary/aromatic N) is 4. The lowest BCUT2D eigenvalue weighted by Gasteiger charge is -2.12. The molecule has 0 amide bonds. The Morgan fingerprint density at radius 1 is 1.09 bits per heavy atom. The first-order valence-electron chi connectivity index (χ1n) is 9.66. The van der Waals surface area contributed by atoms with Crippen LogP contribution in [0.3, 0.4) is 0 Å². The molecule has 168 valence electrons. The molecule has 0 aliphatic heterocycles. The quantitative estimate of drug-likeness (QED) is 0.197. The van der Waals surface area contributed by atoms with Crippen LogP contribution >= 0.6 is 34.8 Å². The Morgan fingerprint density at radius 2 is 1.91 bits per heavy atom. The van der Waals surface area contributed by atoms with Crippen molar-refractivity contribution in [3.8, 4) is 23.0 Å². The van der Waals surface area contributed by atoms with E-state index in [9.17, 15) is 0 Å². The molecular weight excluding hydrogens is 490 g/mol. The minimum atomic E-state index is -0.645. The number of pyridine rings is 1. The van der Waals surface area contributed by atoms with Crippen molar-refractivity contribution in [2.24, 2.45) is 4.99 Å². The van der Waals surface area contributed by atoms with Crippen LogP contribution in [-0.2, 0) is 13.0 Å². The number of aromatic nitrogens is 3. The zero-order valence-corrected chi connectivity index (χ0v) is 19.5. The van der Waals surface area contributed by atoms with Gasteiger partial charge < -0.3 is 9.15 Å². The molecule has 0 unspecified atom stereocenters. The molecule has 2 aromatic carbocycles. The number of hydrogen-bond donors (Lipinski definition) is 0. The summed E-state index contributed by atoms with van der Waals surface area (Å²) in [6.07, 6.45) is 0.0331. The zero-order chi connectivity index (χ0) is 23.5. The third kappa shape index (κ3) is 5.50. The summed E-state index contributed by atoms with van der Waals surface area (Å²) in [5, 5.41) is 8.87. The largest absolute Gasteiger partial charge is 0.453 e. The molecule has 0 spiro atoms. The van der Waals surface area contributed by atoms with E-state index in [4.69, 9.17) is 44.0 Å². The minimum absolute atomic E-state index is 0.0331. The summed E-state index contributed by atoms with van der Waals surface area (Å²) >= 11 is 18.3. The molecule has 0 saturated carbocycles. The molecule has 0 aliphatic carbocycles. The van der Waals surface area contributed by atoms with Gasteiger partial charge in [-0.3, -0.25) is 4.99 Å². The van der Waals surface area contributed by atoms with Crippen LogP contribution in [0.15, 0.2) is 51.9 Å². The van der Waals surface area contributed by atoms with Crippen molar-refractivity contribution >= 4 is 41.5 Å². The summed E-state index contributed by atoms with van der Waals surface area (Å²) in [7, 11) is 0. The molecule has 6 nitrogen and oxygen atoms in total. The van der Waals surface area contributed by atoms with Crippen LogP contribution in [-0.4, -0.2) is 21.9 Å². The van der Waals surface area contributed by atoms with Crippen molar-refractivity contribution in [3.05, 3.63) is 86.2 Å². The van der Waals surface area contributed by atoms with Crippen LogP contribution < -0.4 is 4.74 Å². The fourth-order valence-corrected chi connectivity index (χ4v) is 3.86. The smallest absolute Gasteiger partial charge is 0.247 e. The highest BCUT2D eigenvalue weighted by atomic mass is 35.5. The van der Waals surface area contributed by atoms with Gasteiger partial charge in [-0.2, -0.15) is 0 Å². The predicted molar refractivity (Wildman–Crippen MR) is 126 cm³/mol. The van der Waals surface area contributed by atoms with Crippen molar-refractivity contribution in [1.82, 2.24) is 15.2 Å². The lowest BCUT2D eigenvalue weighted by molar-refractivity contribution is 0.436. The van der Waals surface area contributed by atoms with Gasteiger partial charge in [0.1, 0.15) is 10.9 Å². The summed E-state index contributed by atoms with van der Waals surface area (Å²) in [6, 6.07) is 11.4. The summed E-state index contributed by atoms with van der Waals surface area (Å²) < 4.78 is 26.8. The zero-order valence-electron chi connectivity index (χ0n) is 17.3. The standard InChI is InChI=1S/C23H16Cl3FN4O2/c1-12-5-15(8-19(26)29-12)23-31-30-20(33-23)9-14-3-4-18(25)22(21(14)27)32-17-7-13(11-28-2)6-16(24)10-17/h3-8,10H,2,9,11H2,1H3. The van der Waals surface area contributed by atoms with Crippen molar-refractivity contribution in [1.29, 1.82) is 0 Å². The van der Waals surface area contributed by atoms with Crippen molar-refractivity contribution < 1.29 is 13.5 Å². The number of aliphatic imine (C=N–C) groups is 1. The van der Waals surface area contributed by atoms with Crippen LogP contribution in [0.4, 0.5) is 4.39 Å². The Labute approximate surface area is 204 Å². The van der Waals surface area contributed by atoms with E-state index in [0.717, 1.165) is 5.56 Å². The highest BCUT2D eigenvalue weighted by Crippen LogP contribution is 2.36. The van der Waals surface area contributed by atoms with Crippen molar-refractivity contribution in [2.75, 3.05) is 0 Å². The number of halogens is 4. The van der Waals surface area contributed by atoms with E-state index < -0.39 is 5.82 Å². The first-order valence-corrected chi connectivity index (χ1v) is 10.8. The van der Waals surface area contributed by atoms with Gasteiger partial charge in [-0.25, -0.2) is 9.37 Å². The SMILES string of the molecule is C=NCc1cc(Cl)cc(Oc2c(Cl)ccc(Cc3nnc(-c4cc(C)nc(Cl)c4)o3)c2F)c1. The number of aryl methyl sites for hydroxylation is 1. The molecule has 0 bridgehead atoms. The van der Waals surface area contributed by atoms with Gasteiger partial charge in [0.2, 0.25) is 11.8 Å². The molecule has 0 radical (unpaired) electrons. The van der Waals surface area contributed by atoms with Gasteiger partial charge in [0, 0.05) is 21.8 Å². The maximum absolute atomic E-state index is 15.3. The van der Waals surface area contributed by atoms with Crippen molar-refractivity contribution in [3.63, 3.8) is 0 Å². The fraction of sp³-hybridized carbons (Fsp3) is 0.130. The molecule has 4 aromatic rings. The van der Waals surface area contributed by atoms with E-state index >= 15 is 4.39 Å². The average Bonchev–Trinajstić information content (AvgIpc) is 3.21. The third-order valence-corrected chi connectivity index (χ3v) is 5.26. The maximum Gasteiger partial charge on any atom is 0.247 e. The Balaban J connectivity index is 1.60. The Hall–Kier alpha value is -3.00. The normalized spacial score (nSPS) is 10.9. The summed E-state index contributed by atoms with van der Waals surface area (Å²) in [6.45, 7) is 5.61. The van der Waals surface area contributed by atoms with E-state index in [1.54, 1.807) is 37.3 Å². The number of hydrogen-bond acceptors (Lipinski definition) is 6. The van der Waals surface area contributed by atoms with Crippen LogP contribution in [0.25, 0.3) is 11.5 Å². The van der Waals surface area contributed by atoms with Crippen LogP contribution in [0, 0.1) is 12.7 Å². The number of ether oxygens (including phenoxy) is 1. The lowest BCUT2D eigenvalue weighted by atomic mass is 10.1. The Bertz CT molecular complexity index is 1320. The molecule has 2 aromatic heterocycles. The first kappa shape index (κ1) is 23.2. The molecular formula is C23H16Cl3FN4O2. The minimum Gasteiger partial charge on any atom is -0.453 e. The van der Waals surface area contributed by atoms with E-state index in [1.165, 1.54) is 12.1 Å². The molecule has 10 heteroatoms. The third-order valence-electron chi connectivity index (χ3n) is 4.55. The van der Waals surface area contributed by atoms with Crippen LogP contribution in [0.2, 0.25) is 15.2 Å². The van der Waals surface area contributed by atoms with Gasteiger partial charge in [0.15, 0.2) is 11.6 Å². The molecule has 0 fully saturated rings. The van der Waals surface area contributed by atoms with Crippen LogP contribution in [0.1, 0.15) is 22.7 Å². The fourth-order valence-electron chi connectivity index (χ4n) is 3.18. The summed E-state index contributed by atoms with van der Waals surface area (Å²) in [4.78, 5) is 7.93. The second-order valence-corrected chi connectivity index (χ2v) is 8.36. The number of rotatable bonds is 7. The second-order valence-electron chi connectivity index (χ2n) is 7.13. The molecule has 0 saturated heterocycles. The summed E-state index contributed by atoms with van der Waals surface area (Å²) in [5.74, 6) is 0.0122. The van der Waals surface area contributed by atoms with Gasteiger partial charge >= 0.3 is 0 Å². The van der Waals surface area contributed by atoms with Gasteiger partial charge in [0.05, 0.1) is 18.0 Å². The first-order chi connectivity index (χ1) is 15.8. The van der Waals surface area contributed by atoms with E-state index in [1.807, 2.05) is 0 Å². The second kappa shape index (κ2) is 9.87. The Morgan fingerprint density at radius 3 is 2.67 bits per heavy atom. The van der Waals surface area contributed by atoms with E-state index in [-0.39, 0.29) is 34.5 Å². The van der Waals surface area contributed by atoms with Crippen molar-refractivity contribution in [2.45, 2.75) is 19.9 Å². The molecule has 0 N–H and O–H groups in total. The molecule has 0 aliphatic rings. The highest BCUT2D eigenvalue weighted by Gasteiger charge is 2.18. The molecule has 33 heavy (non-hydrogen) atoms. The molecule has 4 rings (SSSR count). The Kier molecular flexibility index (Phi) is 6.93. The van der Waals surface area contributed by atoms with Gasteiger partial charge in [-0.05, 0) is 55.6 Å². The van der Waals surface area contributed by atoms with Gasteiger partial charge in [0.25, 0.3) is 0 Å². The monoisotopic (exact) mass is 504 g/mol. The number of benzene rings is 2. The van der Waals surface area contributed by atoms with Gasteiger partial charge in [-0.15, -0.1) is 10.2 Å². The van der Waals surface area contributed by atoms with E-state index in [0.29, 0.717) is 33.7 Å². The van der Waals surface area contributed by atoms with E-state index in [2.05, 4.69) is 26.9 Å². The molecule has 2 heterocycles. The maximum atomic E-state index is 15.3. The summed E-state index contributed by atoms with van der Waals surface area (Å²) in [5.41, 5.74) is 2.36. The average molecular weight is 506 g/mol. The topological polar surface area (TPSA) is 73.4 Å². The van der Waals surface area contributed by atoms with Crippen LogP contribution in [0.5, 0.6) is 11.5 Å². The predicted octanol–water partition coefficient (Wildman–Crippen LogP) is 7.12. The van der Waals surface area contributed by atoms with Gasteiger partial charge in [-0.1, -0.05) is 40.9 Å².